The second-order valence-electron chi connectivity index (χ2n) is 5.19. The molecule has 2 heterocycles. The minimum Gasteiger partial charge on any atom is -0.456 e. The highest BCUT2D eigenvalue weighted by atomic mass is 16.3. The zero-order chi connectivity index (χ0) is 13.0. The van der Waals surface area contributed by atoms with Crippen LogP contribution >= 0.6 is 0 Å². The summed E-state index contributed by atoms with van der Waals surface area (Å²) in [7, 11) is 0. The van der Waals surface area contributed by atoms with Gasteiger partial charge < -0.3 is 9.73 Å². The molecule has 0 saturated heterocycles. The van der Waals surface area contributed by atoms with Crippen LogP contribution in [0.4, 0.5) is 5.69 Å². The van der Waals surface area contributed by atoms with E-state index in [0.717, 1.165) is 27.6 Å². The minimum atomic E-state index is 0.0791. The number of hydrogen-bond acceptors (Lipinski definition) is 2. The maximum atomic E-state index is 11.6. The number of benzene rings is 2. The van der Waals surface area contributed by atoms with Gasteiger partial charge in [-0.1, -0.05) is 25.1 Å². The van der Waals surface area contributed by atoms with Crippen molar-refractivity contribution < 1.29 is 9.21 Å². The summed E-state index contributed by atoms with van der Waals surface area (Å²) < 4.78 is 5.84. The van der Waals surface area contributed by atoms with Crippen LogP contribution < -0.4 is 5.32 Å². The fraction of sp³-hybridized carbons (Fsp3) is 0.188. The van der Waals surface area contributed by atoms with Gasteiger partial charge in [-0.2, -0.15) is 0 Å². The number of para-hydroxylation sites is 1. The van der Waals surface area contributed by atoms with Crippen LogP contribution in [0.25, 0.3) is 21.9 Å². The lowest BCUT2D eigenvalue weighted by atomic mass is 9.91. The molecule has 1 aliphatic heterocycles. The van der Waals surface area contributed by atoms with E-state index in [1.807, 2.05) is 24.3 Å². The van der Waals surface area contributed by atoms with E-state index < -0.39 is 0 Å². The molecular weight excluding hydrogens is 238 g/mol. The van der Waals surface area contributed by atoms with Gasteiger partial charge in [-0.3, -0.25) is 4.79 Å². The van der Waals surface area contributed by atoms with Crippen LogP contribution in [0.3, 0.4) is 0 Å². The quantitative estimate of drug-likeness (QED) is 0.655. The zero-order valence-corrected chi connectivity index (χ0v) is 10.6. The highest BCUT2D eigenvalue weighted by Gasteiger charge is 2.23. The summed E-state index contributed by atoms with van der Waals surface area (Å²) in [6.07, 6.45) is 0.550. The number of anilines is 1. The third kappa shape index (κ3) is 1.48. The summed E-state index contributed by atoms with van der Waals surface area (Å²) in [5.41, 5.74) is 3.79. The molecule has 19 heavy (non-hydrogen) atoms. The first-order valence-corrected chi connectivity index (χ1v) is 6.47. The molecule has 0 fully saturated rings. The highest BCUT2D eigenvalue weighted by molar-refractivity contribution is 6.07. The van der Waals surface area contributed by atoms with Gasteiger partial charge in [0.25, 0.3) is 0 Å². The second kappa shape index (κ2) is 3.60. The predicted molar refractivity (Wildman–Crippen MR) is 75.4 cm³/mol. The van der Waals surface area contributed by atoms with Gasteiger partial charge in [0.2, 0.25) is 5.91 Å². The Bertz CT molecular complexity index is 816. The van der Waals surface area contributed by atoms with E-state index >= 15 is 0 Å². The Hall–Kier alpha value is -2.29. The largest absolute Gasteiger partial charge is 0.456 e. The van der Waals surface area contributed by atoms with Gasteiger partial charge in [0.1, 0.15) is 11.2 Å². The number of hydrogen-bond donors (Lipinski definition) is 1. The summed E-state index contributed by atoms with van der Waals surface area (Å²) in [4.78, 5) is 11.6. The van der Waals surface area contributed by atoms with E-state index in [-0.39, 0.29) is 11.8 Å². The van der Waals surface area contributed by atoms with Crippen molar-refractivity contribution in [3.05, 3.63) is 42.0 Å². The lowest BCUT2D eigenvalue weighted by Gasteiger charge is -2.22. The molecule has 94 valence electrons. The van der Waals surface area contributed by atoms with Gasteiger partial charge in [0, 0.05) is 28.9 Å². The number of amides is 1. The molecule has 2 aromatic carbocycles. The third-order valence-corrected chi connectivity index (χ3v) is 3.85. The zero-order valence-electron chi connectivity index (χ0n) is 10.6. The molecule has 0 radical (unpaired) electrons. The lowest BCUT2D eigenvalue weighted by Crippen LogP contribution is -2.21. The van der Waals surface area contributed by atoms with Crippen molar-refractivity contribution in [2.45, 2.75) is 19.3 Å². The van der Waals surface area contributed by atoms with E-state index in [0.29, 0.717) is 6.42 Å². The first-order chi connectivity index (χ1) is 9.22. The number of fused-ring (bicyclic) bond motifs is 4. The SMILES string of the molecule is CC1CC(=O)Nc2cc3oc4ccccc4c3cc21. The molecule has 3 heteroatoms. The van der Waals surface area contributed by atoms with E-state index in [9.17, 15) is 4.79 Å². The molecule has 0 bridgehead atoms. The van der Waals surface area contributed by atoms with Gasteiger partial charge in [-0.15, -0.1) is 0 Å². The Labute approximate surface area is 110 Å². The van der Waals surface area contributed by atoms with Crippen molar-refractivity contribution in [2.24, 2.45) is 0 Å². The third-order valence-electron chi connectivity index (χ3n) is 3.85. The van der Waals surface area contributed by atoms with Gasteiger partial charge >= 0.3 is 0 Å². The van der Waals surface area contributed by atoms with Crippen LogP contribution in [0.2, 0.25) is 0 Å². The minimum absolute atomic E-state index is 0.0791. The summed E-state index contributed by atoms with van der Waals surface area (Å²) in [5.74, 6) is 0.331. The molecule has 1 N–H and O–H groups in total. The van der Waals surface area contributed by atoms with Gasteiger partial charge in [-0.25, -0.2) is 0 Å². The molecule has 0 aliphatic carbocycles. The van der Waals surface area contributed by atoms with Crippen LogP contribution in [0.5, 0.6) is 0 Å². The normalized spacial score (nSPS) is 18.6. The maximum absolute atomic E-state index is 11.6. The Morgan fingerprint density at radius 3 is 2.89 bits per heavy atom. The average molecular weight is 251 g/mol. The number of furan rings is 1. The second-order valence-corrected chi connectivity index (χ2v) is 5.19. The Kier molecular flexibility index (Phi) is 2.01. The van der Waals surface area contributed by atoms with Crippen molar-refractivity contribution in [1.29, 1.82) is 0 Å². The molecular formula is C16H13NO2. The van der Waals surface area contributed by atoms with E-state index in [1.165, 1.54) is 5.56 Å². The molecule has 0 saturated carbocycles. The number of carbonyl (C=O) groups excluding carboxylic acids is 1. The highest BCUT2D eigenvalue weighted by Crippen LogP contribution is 2.38. The first-order valence-electron chi connectivity index (χ1n) is 6.47. The fourth-order valence-electron chi connectivity index (χ4n) is 2.89. The Morgan fingerprint density at radius 2 is 2.00 bits per heavy atom. The molecule has 1 amide bonds. The van der Waals surface area contributed by atoms with Crippen LogP contribution in [0.15, 0.2) is 40.8 Å². The Balaban J connectivity index is 2.08. The topological polar surface area (TPSA) is 42.2 Å². The van der Waals surface area contributed by atoms with Crippen molar-refractivity contribution in [3.63, 3.8) is 0 Å². The van der Waals surface area contributed by atoms with Crippen molar-refractivity contribution in [3.8, 4) is 0 Å². The lowest BCUT2D eigenvalue weighted by molar-refractivity contribution is -0.116. The average Bonchev–Trinajstić information content (AvgIpc) is 2.74. The number of rotatable bonds is 0. The molecule has 1 aliphatic rings. The molecule has 3 nitrogen and oxygen atoms in total. The fourth-order valence-corrected chi connectivity index (χ4v) is 2.89. The van der Waals surface area contributed by atoms with E-state index in [1.54, 1.807) is 0 Å². The van der Waals surface area contributed by atoms with Crippen LogP contribution in [0, 0.1) is 0 Å². The van der Waals surface area contributed by atoms with Crippen molar-refractivity contribution in [2.75, 3.05) is 5.32 Å². The predicted octanol–water partition coefficient (Wildman–Crippen LogP) is 4.03. The molecule has 0 spiro atoms. The van der Waals surface area contributed by atoms with Crippen LogP contribution in [-0.4, -0.2) is 5.91 Å². The molecule has 3 aromatic rings. The van der Waals surface area contributed by atoms with E-state index in [2.05, 4.69) is 24.4 Å². The molecule has 4 rings (SSSR count). The van der Waals surface area contributed by atoms with Crippen LogP contribution in [-0.2, 0) is 4.79 Å². The van der Waals surface area contributed by atoms with Gasteiger partial charge in [0.15, 0.2) is 0 Å². The molecule has 1 atom stereocenters. The summed E-state index contributed by atoms with van der Waals surface area (Å²) in [6.45, 7) is 2.09. The molecule has 1 unspecified atom stereocenters. The van der Waals surface area contributed by atoms with Gasteiger partial charge in [0.05, 0.1) is 0 Å². The molecule has 1 aromatic heterocycles. The van der Waals surface area contributed by atoms with Crippen LogP contribution in [0.1, 0.15) is 24.8 Å². The summed E-state index contributed by atoms with van der Waals surface area (Å²) in [6, 6.07) is 12.1. The number of nitrogens with one attached hydrogen (secondary N) is 1. The van der Waals surface area contributed by atoms with Crippen molar-refractivity contribution >= 4 is 33.5 Å². The first kappa shape index (κ1) is 10.6. The summed E-state index contributed by atoms with van der Waals surface area (Å²) in [5, 5.41) is 5.18. The maximum Gasteiger partial charge on any atom is 0.224 e. The van der Waals surface area contributed by atoms with Gasteiger partial charge in [-0.05, 0) is 23.6 Å². The summed E-state index contributed by atoms with van der Waals surface area (Å²) >= 11 is 0. The standard InChI is InChI=1S/C16H13NO2/c1-9-6-16(18)17-13-8-15-12(7-11(9)13)10-4-2-3-5-14(10)19-15/h2-5,7-9H,6H2,1H3,(H,17,18). The number of carbonyl (C=O) groups is 1. The Morgan fingerprint density at radius 1 is 1.16 bits per heavy atom. The van der Waals surface area contributed by atoms with Crippen molar-refractivity contribution in [1.82, 2.24) is 0 Å². The smallest absolute Gasteiger partial charge is 0.224 e. The monoisotopic (exact) mass is 251 g/mol. The van der Waals surface area contributed by atoms with E-state index in [4.69, 9.17) is 4.42 Å².